The largest absolute Gasteiger partial charge is 0.311 e. The minimum absolute atomic E-state index is 0.818. The Bertz CT molecular complexity index is 1380. The topological polar surface area (TPSA) is 3.24 Å². The first-order valence-corrected chi connectivity index (χ1v) is 11.3. The Morgan fingerprint density at radius 1 is 0.485 bits per heavy atom. The van der Waals surface area contributed by atoms with E-state index in [0.717, 1.165) is 28.9 Å². The summed E-state index contributed by atoms with van der Waals surface area (Å²) in [4.78, 5) is 2.28. The average molecular weight is 419 g/mol. The lowest BCUT2D eigenvalue weighted by molar-refractivity contribution is 1.26. The molecule has 5 aromatic rings. The van der Waals surface area contributed by atoms with Gasteiger partial charge in [-0.1, -0.05) is 84.3 Å². The molecule has 1 aliphatic carbocycles. The van der Waals surface area contributed by atoms with Crippen LogP contribution in [0.4, 0.5) is 17.1 Å². The number of nitrogens with zero attached hydrogens (tertiary/aromatic N) is 1. The molecule has 0 spiro atoms. The minimum Gasteiger partial charge on any atom is -0.311 e. The van der Waals surface area contributed by atoms with Gasteiger partial charge in [-0.15, -0.1) is 0 Å². The van der Waals surface area contributed by atoms with Crippen molar-refractivity contribution < 1.29 is 0 Å². The van der Waals surface area contributed by atoms with E-state index in [1.54, 1.807) is 0 Å². The predicted octanol–water partition coefficient (Wildman–Crippen LogP) is 7.19. The van der Waals surface area contributed by atoms with E-state index in [4.69, 9.17) is 7.85 Å². The molecule has 5 aromatic carbocycles. The Morgan fingerprint density at radius 2 is 1.00 bits per heavy atom. The highest BCUT2D eigenvalue weighted by Crippen LogP contribution is 2.39. The normalized spacial score (nSPS) is 11.6. The van der Waals surface area contributed by atoms with Crippen molar-refractivity contribution in [3.8, 4) is 22.3 Å². The summed E-state index contributed by atoms with van der Waals surface area (Å²) in [6.07, 6.45) is 0.979. The Hall–Kier alpha value is -4.04. The van der Waals surface area contributed by atoms with Gasteiger partial charge in [0.15, 0.2) is 0 Å². The molecule has 0 saturated carbocycles. The fraction of sp³-hybridized carbons (Fsp3) is 0.0323. The number of para-hydroxylation sites is 2. The van der Waals surface area contributed by atoms with Crippen LogP contribution in [0.15, 0.2) is 121 Å². The van der Waals surface area contributed by atoms with Crippen LogP contribution in [0.1, 0.15) is 11.1 Å². The van der Waals surface area contributed by atoms with Gasteiger partial charge in [0.25, 0.3) is 0 Å². The summed E-state index contributed by atoms with van der Waals surface area (Å²) in [5.74, 6) is 0. The average Bonchev–Trinajstić information content (AvgIpc) is 3.23. The maximum atomic E-state index is 6.07. The van der Waals surface area contributed by atoms with Gasteiger partial charge in [0.1, 0.15) is 7.85 Å². The van der Waals surface area contributed by atoms with Gasteiger partial charge >= 0.3 is 0 Å². The van der Waals surface area contributed by atoms with E-state index < -0.39 is 0 Å². The molecule has 0 amide bonds. The van der Waals surface area contributed by atoms with Crippen molar-refractivity contribution in [2.24, 2.45) is 0 Å². The van der Waals surface area contributed by atoms with Gasteiger partial charge < -0.3 is 4.90 Å². The second-order valence-corrected chi connectivity index (χ2v) is 8.52. The van der Waals surface area contributed by atoms with Crippen molar-refractivity contribution in [1.82, 2.24) is 0 Å². The van der Waals surface area contributed by atoms with Crippen LogP contribution in [0.5, 0.6) is 0 Å². The van der Waals surface area contributed by atoms with Crippen molar-refractivity contribution in [2.45, 2.75) is 6.42 Å². The first-order valence-electron chi connectivity index (χ1n) is 11.3. The number of rotatable bonds is 4. The monoisotopic (exact) mass is 419 g/mol. The third-order valence-corrected chi connectivity index (χ3v) is 6.40. The van der Waals surface area contributed by atoms with Gasteiger partial charge in [-0.2, -0.15) is 0 Å². The molecule has 33 heavy (non-hydrogen) atoms. The Labute approximate surface area is 196 Å². The van der Waals surface area contributed by atoms with Crippen molar-refractivity contribution in [3.63, 3.8) is 0 Å². The summed E-state index contributed by atoms with van der Waals surface area (Å²) in [5, 5.41) is 0. The van der Waals surface area contributed by atoms with Crippen LogP contribution >= 0.6 is 0 Å². The molecule has 0 aliphatic heterocycles. The van der Waals surface area contributed by atoms with E-state index >= 15 is 0 Å². The summed E-state index contributed by atoms with van der Waals surface area (Å²) in [7, 11) is 6.07. The molecule has 0 aromatic heterocycles. The maximum absolute atomic E-state index is 6.07. The second-order valence-electron chi connectivity index (χ2n) is 8.52. The molecule has 2 heteroatoms. The number of anilines is 3. The highest BCUT2D eigenvalue weighted by Gasteiger charge is 2.19. The van der Waals surface area contributed by atoms with Gasteiger partial charge in [-0.25, -0.2) is 0 Å². The van der Waals surface area contributed by atoms with Crippen LogP contribution in [0.3, 0.4) is 0 Å². The fourth-order valence-electron chi connectivity index (χ4n) is 4.77. The Balaban J connectivity index is 1.38. The summed E-state index contributed by atoms with van der Waals surface area (Å²) >= 11 is 0. The van der Waals surface area contributed by atoms with E-state index in [9.17, 15) is 0 Å². The van der Waals surface area contributed by atoms with Crippen LogP contribution in [-0.2, 0) is 6.42 Å². The summed E-state index contributed by atoms with van der Waals surface area (Å²) < 4.78 is 0. The van der Waals surface area contributed by atoms with Crippen molar-refractivity contribution in [2.75, 3.05) is 4.90 Å². The summed E-state index contributed by atoms with van der Waals surface area (Å²) in [5.41, 5.74) is 12.0. The molecule has 0 N–H and O–H groups in total. The van der Waals surface area contributed by atoms with Gasteiger partial charge in [0, 0.05) is 17.1 Å². The molecule has 0 bridgehead atoms. The smallest absolute Gasteiger partial charge is 0.113 e. The molecule has 0 unspecified atom stereocenters. The molecule has 2 radical (unpaired) electrons. The van der Waals surface area contributed by atoms with E-state index in [1.165, 1.54) is 33.4 Å². The molecule has 0 atom stereocenters. The summed E-state index contributed by atoms with van der Waals surface area (Å²) in [6, 6.07) is 42.9. The first-order chi connectivity index (χ1) is 16.3. The zero-order valence-electron chi connectivity index (χ0n) is 18.3. The number of benzene rings is 5. The number of fused-ring (bicyclic) bond motifs is 3. The minimum atomic E-state index is 0.818. The highest BCUT2D eigenvalue weighted by molar-refractivity contribution is 6.32. The molecule has 0 fully saturated rings. The van der Waals surface area contributed by atoms with Gasteiger partial charge in [-0.3, -0.25) is 0 Å². The van der Waals surface area contributed by atoms with Gasteiger partial charge in [0.2, 0.25) is 0 Å². The summed E-state index contributed by atoms with van der Waals surface area (Å²) in [6.45, 7) is 0. The van der Waals surface area contributed by atoms with Crippen LogP contribution in [0.25, 0.3) is 22.3 Å². The van der Waals surface area contributed by atoms with Crippen LogP contribution in [-0.4, -0.2) is 7.85 Å². The highest BCUT2D eigenvalue weighted by atomic mass is 15.1. The van der Waals surface area contributed by atoms with Crippen LogP contribution in [0, 0.1) is 0 Å². The van der Waals surface area contributed by atoms with E-state index in [1.807, 2.05) is 6.07 Å². The Kier molecular flexibility index (Phi) is 4.85. The third-order valence-electron chi connectivity index (χ3n) is 6.40. The zero-order chi connectivity index (χ0) is 22.2. The van der Waals surface area contributed by atoms with Crippen molar-refractivity contribution >= 4 is 30.4 Å². The SMILES string of the molecule is [B]c1ccc2c(c1)-c1cc(-c3ccc(N(c4ccccc4)c4ccccc4)cc3)ccc1C2. The first kappa shape index (κ1) is 19.6. The molecule has 1 aliphatic rings. The number of hydrogen-bond acceptors (Lipinski definition) is 1. The van der Waals surface area contributed by atoms with Crippen LogP contribution in [0.2, 0.25) is 0 Å². The van der Waals surface area contributed by atoms with Crippen molar-refractivity contribution in [3.05, 3.63) is 132 Å². The number of hydrogen-bond donors (Lipinski definition) is 0. The van der Waals surface area contributed by atoms with Gasteiger partial charge in [0.05, 0.1) is 0 Å². The molecule has 0 heterocycles. The second kappa shape index (κ2) is 8.14. The van der Waals surface area contributed by atoms with Crippen LogP contribution < -0.4 is 10.4 Å². The fourth-order valence-corrected chi connectivity index (χ4v) is 4.77. The molecule has 6 rings (SSSR count). The lowest BCUT2D eigenvalue weighted by Crippen LogP contribution is -2.09. The quantitative estimate of drug-likeness (QED) is 0.274. The van der Waals surface area contributed by atoms with E-state index in [2.05, 4.69) is 120 Å². The molecule has 154 valence electrons. The standard InChI is InChI=1S/C31H22BN/c32-26-16-13-25-19-24-12-11-23(20-30(24)31(25)21-26)22-14-17-29(18-15-22)33(27-7-3-1-4-8-27)28-9-5-2-6-10-28/h1-18,20-21H,19H2. The third kappa shape index (κ3) is 3.64. The zero-order valence-corrected chi connectivity index (χ0v) is 18.3. The van der Waals surface area contributed by atoms with Gasteiger partial charge in [-0.05, 0) is 82.3 Å². The van der Waals surface area contributed by atoms with E-state index in [-0.39, 0.29) is 0 Å². The molecular weight excluding hydrogens is 397 g/mol. The lowest BCUT2D eigenvalue weighted by atomic mass is 9.91. The molecule has 0 saturated heterocycles. The van der Waals surface area contributed by atoms with Crippen molar-refractivity contribution in [1.29, 1.82) is 0 Å². The maximum Gasteiger partial charge on any atom is 0.113 e. The van der Waals surface area contributed by atoms with E-state index in [0.29, 0.717) is 0 Å². The lowest BCUT2D eigenvalue weighted by Gasteiger charge is -2.25. The Morgan fingerprint density at radius 3 is 1.64 bits per heavy atom. The predicted molar refractivity (Wildman–Crippen MR) is 140 cm³/mol. The molecular formula is C31H22BN. The molecule has 1 nitrogen and oxygen atoms in total.